The number of rotatable bonds is 5. The van der Waals surface area contributed by atoms with E-state index in [1.807, 2.05) is 13.8 Å². The van der Waals surface area contributed by atoms with Gasteiger partial charge in [0.1, 0.15) is 17.4 Å². The fourth-order valence-corrected chi connectivity index (χ4v) is 4.12. The van der Waals surface area contributed by atoms with Crippen molar-refractivity contribution in [2.75, 3.05) is 13.7 Å². The van der Waals surface area contributed by atoms with Crippen LogP contribution in [0.25, 0.3) is 0 Å². The second-order valence-corrected chi connectivity index (χ2v) is 7.62. The van der Waals surface area contributed by atoms with Crippen molar-refractivity contribution in [1.29, 1.82) is 0 Å². The summed E-state index contributed by atoms with van der Waals surface area (Å²) in [6.45, 7) is 7.63. The van der Waals surface area contributed by atoms with Gasteiger partial charge < -0.3 is 19.2 Å². The zero-order valence-electron chi connectivity index (χ0n) is 17.5. The van der Waals surface area contributed by atoms with E-state index in [2.05, 4.69) is 5.32 Å². The molecule has 1 N–H and O–H groups in total. The molecule has 29 heavy (non-hydrogen) atoms. The van der Waals surface area contributed by atoms with Crippen molar-refractivity contribution in [3.05, 3.63) is 46.2 Å². The average molecular weight is 401 g/mol. The van der Waals surface area contributed by atoms with Gasteiger partial charge in [0.05, 0.1) is 25.2 Å². The second kappa shape index (κ2) is 8.27. The number of ketones is 1. The number of Topliss-reactive ketones (excluding diaryl/α,β-unsaturated/α-hetero) is 1. The third-order valence-electron chi connectivity index (χ3n) is 5.45. The number of esters is 2. The van der Waals surface area contributed by atoms with Gasteiger partial charge in [0.15, 0.2) is 5.78 Å². The molecule has 0 unspecified atom stereocenters. The van der Waals surface area contributed by atoms with Crippen molar-refractivity contribution < 1.29 is 28.3 Å². The predicted molar refractivity (Wildman–Crippen MR) is 105 cm³/mol. The van der Waals surface area contributed by atoms with E-state index in [0.29, 0.717) is 46.9 Å². The van der Waals surface area contributed by atoms with Crippen molar-refractivity contribution in [3.8, 4) is 0 Å². The van der Waals surface area contributed by atoms with Crippen LogP contribution in [-0.4, -0.2) is 31.4 Å². The minimum absolute atomic E-state index is 0.221. The predicted octanol–water partition coefficient (Wildman–Crippen LogP) is 3.15. The summed E-state index contributed by atoms with van der Waals surface area (Å²) >= 11 is 0. The minimum atomic E-state index is -0.912. The summed E-state index contributed by atoms with van der Waals surface area (Å²) in [5, 5.41) is 3.21. The Hall–Kier alpha value is -2.83. The Kier molecular flexibility index (Phi) is 5.96. The summed E-state index contributed by atoms with van der Waals surface area (Å²) in [7, 11) is 1.27. The zero-order chi connectivity index (χ0) is 21.3. The molecule has 2 heterocycles. The van der Waals surface area contributed by atoms with Crippen molar-refractivity contribution in [2.45, 2.75) is 46.5 Å². The second-order valence-electron chi connectivity index (χ2n) is 7.62. The van der Waals surface area contributed by atoms with Gasteiger partial charge in [-0.25, -0.2) is 4.79 Å². The maximum absolute atomic E-state index is 13.4. The van der Waals surface area contributed by atoms with Gasteiger partial charge in [-0.1, -0.05) is 13.8 Å². The van der Waals surface area contributed by atoms with Crippen LogP contribution in [0, 0.1) is 18.8 Å². The van der Waals surface area contributed by atoms with Gasteiger partial charge in [0.25, 0.3) is 0 Å². The lowest BCUT2D eigenvalue weighted by atomic mass is 9.70. The van der Waals surface area contributed by atoms with Gasteiger partial charge in [0.2, 0.25) is 0 Å². The van der Waals surface area contributed by atoms with Crippen molar-refractivity contribution >= 4 is 17.7 Å². The summed E-state index contributed by atoms with van der Waals surface area (Å²) in [5.41, 5.74) is 2.05. The van der Waals surface area contributed by atoms with E-state index in [4.69, 9.17) is 13.9 Å². The highest BCUT2D eigenvalue weighted by Gasteiger charge is 2.48. The third-order valence-corrected chi connectivity index (χ3v) is 5.45. The highest BCUT2D eigenvalue weighted by Crippen LogP contribution is 2.45. The molecule has 0 spiro atoms. The van der Waals surface area contributed by atoms with E-state index in [0.717, 1.165) is 0 Å². The fraction of sp³-hybridized carbons (Fsp3) is 0.500. The van der Waals surface area contributed by atoms with Crippen LogP contribution in [0.15, 0.2) is 39.1 Å². The van der Waals surface area contributed by atoms with Gasteiger partial charge in [-0.2, -0.15) is 0 Å². The Balaban J connectivity index is 2.13. The molecular weight excluding hydrogens is 374 g/mol. The molecule has 3 rings (SSSR count). The highest BCUT2D eigenvalue weighted by atomic mass is 16.5. The maximum atomic E-state index is 13.4. The van der Waals surface area contributed by atoms with Gasteiger partial charge >= 0.3 is 11.9 Å². The maximum Gasteiger partial charge on any atom is 0.336 e. The summed E-state index contributed by atoms with van der Waals surface area (Å²) in [5.74, 6) is -2.12. The molecule has 7 heteroatoms. The number of allylic oxidation sites excluding steroid dienone is 3. The molecule has 1 aromatic rings. The number of nitrogens with one attached hydrogen (secondary N) is 1. The summed E-state index contributed by atoms with van der Waals surface area (Å²) in [4.78, 5) is 38.6. The number of aryl methyl sites for hydroxylation is 1. The molecule has 0 bridgehead atoms. The number of ether oxygens (including phenoxy) is 2. The molecule has 156 valence electrons. The summed E-state index contributed by atoms with van der Waals surface area (Å²) < 4.78 is 16.1. The van der Waals surface area contributed by atoms with Crippen LogP contribution in [0.2, 0.25) is 0 Å². The smallest absolute Gasteiger partial charge is 0.336 e. The fourth-order valence-electron chi connectivity index (χ4n) is 4.12. The number of methoxy groups -OCH3 is 1. The lowest BCUT2D eigenvalue weighted by Gasteiger charge is -2.37. The lowest BCUT2D eigenvalue weighted by molar-refractivity contribution is -0.151. The van der Waals surface area contributed by atoms with Crippen molar-refractivity contribution in [3.63, 3.8) is 0 Å². The Morgan fingerprint density at radius 3 is 2.59 bits per heavy atom. The largest absolute Gasteiger partial charge is 0.468 e. The van der Waals surface area contributed by atoms with Gasteiger partial charge in [-0.15, -0.1) is 0 Å². The first kappa shape index (κ1) is 20.9. The van der Waals surface area contributed by atoms with E-state index < -0.39 is 23.8 Å². The van der Waals surface area contributed by atoms with E-state index in [1.165, 1.54) is 7.11 Å². The van der Waals surface area contributed by atoms with E-state index in [9.17, 15) is 14.4 Å². The molecule has 0 saturated carbocycles. The summed E-state index contributed by atoms with van der Waals surface area (Å²) in [6.07, 6.45) is 1.18. The van der Waals surface area contributed by atoms with E-state index in [-0.39, 0.29) is 18.3 Å². The minimum Gasteiger partial charge on any atom is -0.468 e. The molecule has 0 saturated heterocycles. The molecule has 2 aliphatic rings. The number of dihydropyridines is 1. The monoisotopic (exact) mass is 401 g/mol. The third kappa shape index (κ3) is 3.73. The number of furan rings is 1. The first-order valence-electron chi connectivity index (χ1n) is 9.86. The standard InChI is InChI=1S/C22H27NO6/c1-6-9-28-22(26)17-13(4)23-14-10-11(2)16(21(25)27-5)20(24)18(14)19(17)15-8-7-12(3)29-15/h7-8,11,16,19,23H,6,9-10H2,1-5H3/t11-,16-,19-/m1/s1. The lowest BCUT2D eigenvalue weighted by Crippen LogP contribution is -2.43. The van der Waals surface area contributed by atoms with Gasteiger partial charge in [-0.3, -0.25) is 9.59 Å². The van der Waals surface area contributed by atoms with Crippen LogP contribution < -0.4 is 5.32 Å². The number of carbonyl (C=O) groups excluding carboxylic acids is 3. The molecular formula is C22H27NO6. The summed E-state index contributed by atoms with van der Waals surface area (Å²) in [6, 6.07) is 3.55. The van der Waals surface area contributed by atoms with Crippen LogP contribution in [0.3, 0.4) is 0 Å². The Morgan fingerprint density at radius 1 is 1.28 bits per heavy atom. The molecule has 0 fully saturated rings. The molecule has 1 aliphatic carbocycles. The molecule has 0 amide bonds. The first-order chi connectivity index (χ1) is 13.8. The Morgan fingerprint density at radius 2 is 2.00 bits per heavy atom. The molecule has 1 aliphatic heterocycles. The Labute approximate surface area is 170 Å². The SMILES string of the molecule is CCCOC(=O)C1=C(C)NC2=C(C(=O)[C@H](C(=O)OC)[C@H](C)C2)[C@@H]1c1ccc(C)o1. The zero-order valence-corrected chi connectivity index (χ0v) is 17.5. The first-order valence-corrected chi connectivity index (χ1v) is 9.86. The van der Waals surface area contributed by atoms with Crippen LogP contribution in [0.5, 0.6) is 0 Å². The highest BCUT2D eigenvalue weighted by molar-refractivity contribution is 6.12. The van der Waals surface area contributed by atoms with Crippen LogP contribution in [0.4, 0.5) is 0 Å². The molecule has 7 nitrogen and oxygen atoms in total. The Bertz CT molecular complexity index is 906. The quantitative estimate of drug-likeness (QED) is 0.598. The van der Waals surface area contributed by atoms with Crippen LogP contribution >= 0.6 is 0 Å². The van der Waals surface area contributed by atoms with Crippen LogP contribution in [0.1, 0.15) is 51.1 Å². The van der Waals surface area contributed by atoms with E-state index >= 15 is 0 Å². The average Bonchev–Trinajstić information content (AvgIpc) is 3.10. The number of hydrogen-bond donors (Lipinski definition) is 1. The van der Waals surface area contributed by atoms with E-state index in [1.54, 1.807) is 26.0 Å². The van der Waals surface area contributed by atoms with Crippen molar-refractivity contribution in [1.82, 2.24) is 5.32 Å². The molecule has 1 aromatic heterocycles. The molecule has 0 aromatic carbocycles. The number of hydrogen-bond acceptors (Lipinski definition) is 7. The van der Waals surface area contributed by atoms with Crippen molar-refractivity contribution in [2.24, 2.45) is 11.8 Å². The normalized spacial score (nSPS) is 24.2. The molecule has 3 atom stereocenters. The van der Waals surface area contributed by atoms with Gasteiger partial charge in [0, 0.05) is 17.0 Å². The topological polar surface area (TPSA) is 94.8 Å². The molecule has 0 radical (unpaired) electrons. The van der Waals surface area contributed by atoms with Gasteiger partial charge in [-0.05, 0) is 44.7 Å². The number of carbonyl (C=O) groups is 3. The van der Waals surface area contributed by atoms with Crippen LogP contribution in [-0.2, 0) is 23.9 Å².